The van der Waals surface area contributed by atoms with Gasteiger partial charge in [-0.05, 0) is 48.9 Å². The zero-order valence-corrected chi connectivity index (χ0v) is 16.4. The number of benzene rings is 1. The molecule has 1 aliphatic heterocycles. The first-order valence-corrected chi connectivity index (χ1v) is 9.95. The van der Waals surface area contributed by atoms with E-state index in [2.05, 4.69) is 17.3 Å². The highest BCUT2D eigenvalue weighted by molar-refractivity contribution is 6.06. The van der Waals surface area contributed by atoms with Gasteiger partial charge in [0.15, 0.2) is 0 Å². The highest BCUT2D eigenvalue weighted by Crippen LogP contribution is 2.49. The SMILES string of the molecule is COC(=O)c1cccc(-c2ccc(/C=N\N3C(=O)[C@@H]4[C@@H](C3=O)[C@@H]3C=C[C@@H]4CC3)o2)c1. The van der Waals surface area contributed by atoms with Gasteiger partial charge < -0.3 is 9.15 Å². The van der Waals surface area contributed by atoms with Gasteiger partial charge in [-0.1, -0.05) is 24.3 Å². The van der Waals surface area contributed by atoms with E-state index in [1.165, 1.54) is 13.3 Å². The normalized spacial score (nSPS) is 27.2. The molecule has 1 aromatic carbocycles. The average Bonchev–Trinajstić information content (AvgIpc) is 3.37. The van der Waals surface area contributed by atoms with Crippen molar-refractivity contribution < 1.29 is 23.5 Å². The molecule has 3 aliphatic carbocycles. The van der Waals surface area contributed by atoms with Crippen molar-refractivity contribution in [3.05, 3.63) is 59.9 Å². The Morgan fingerprint density at radius 3 is 2.43 bits per heavy atom. The fourth-order valence-electron chi connectivity index (χ4n) is 4.78. The lowest BCUT2D eigenvalue weighted by atomic mass is 9.63. The molecule has 2 fully saturated rings. The summed E-state index contributed by atoms with van der Waals surface area (Å²) < 4.78 is 10.5. The fourth-order valence-corrected chi connectivity index (χ4v) is 4.78. The van der Waals surface area contributed by atoms with Crippen molar-refractivity contribution in [1.29, 1.82) is 0 Å². The van der Waals surface area contributed by atoms with Crippen LogP contribution in [0.15, 0.2) is 58.1 Å². The first kappa shape index (κ1) is 18.5. The molecule has 4 aliphatic rings. The summed E-state index contributed by atoms with van der Waals surface area (Å²) in [6.45, 7) is 0. The van der Waals surface area contributed by atoms with Crippen molar-refractivity contribution in [2.75, 3.05) is 7.11 Å². The quantitative estimate of drug-likeness (QED) is 0.338. The number of hydrogen-bond donors (Lipinski definition) is 0. The Morgan fingerprint density at radius 2 is 1.80 bits per heavy atom. The molecule has 2 heterocycles. The number of esters is 1. The molecule has 2 amide bonds. The molecule has 1 aromatic heterocycles. The molecule has 152 valence electrons. The molecule has 0 N–H and O–H groups in total. The number of ether oxygens (including phenoxy) is 1. The highest BCUT2D eigenvalue weighted by Gasteiger charge is 2.56. The summed E-state index contributed by atoms with van der Waals surface area (Å²) >= 11 is 0. The monoisotopic (exact) mass is 404 g/mol. The second-order valence-corrected chi connectivity index (χ2v) is 7.85. The first-order chi connectivity index (χ1) is 14.6. The molecule has 7 nitrogen and oxygen atoms in total. The molecule has 4 atom stereocenters. The van der Waals surface area contributed by atoms with E-state index in [-0.39, 0.29) is 35.5 Å². The number of methoxy groups -OCH3 is 1. The van der Waals surface area contributed by atoms with Crippen molar-refractivity contribution in [2.24, 2.45) is 28.8 Å². The van der Waals surface area contributed by atoms with Gasteiger partial charge in [-0.25, -0.2) is 4.79 Å². The fraction of sp³-hybridized carbons (Fsp3) is 0.304. The third kappa shape index (κ3) is 2.89. The van der Waals surface area contributed by atoms with Crippen molar-refractivity contribution in [1.82, 2.24) is 5.01 Å². The number of amides is 2. The molecule has 1 saturated heterocycles. The summed E-state index contributed by atoms with van der Waals surface area (Å²) in [5, 5.41) is 5.16. The Morgan fingerprint density at radius 1 is 1.10 bits per heavy atom. The summed E-state index contributed by atoms with van der Waals surface area (Å²) in [6, 6.07) is 10.3. The standard InChI is InChI=1S/C23H20N2O5/c1-29-23(28)16-4-2-3-15(11-16)18-10-9-17(30-18)12-24-25-21(26)19-13-5-6-14(8-7-13)20(19)22(25)27/h2-6,9-14,19-20H,7-8H2,1H3/b24-12-/t13-,14-,19+,20+/m1/s1. The molecule has 7 heteroatoms. The molecule has 0 radical (unpaired) electrons. The number of imide groups is 1. The third-order valence-corrected chi connectivity index (χ3v) is 6.23. The van der Waals surface area contributed by atoms with Crippen LogP contribution in [0.3, 0.4) is 0 Å². The summed E-state index contributed by atoms with van der Waals surface area (Å²) in [7, 11) is 1.33. The van der Waals surface area contributed by atoms with E-state index in [4.69, 9.17) is 9.15 Å². The topological polar surface area (TPSA) is 89.2 Å². The van der Waals surface area contributed by atoms with Crippen LogP contribution in [0.25, 0.3) is 11.3 Å². The van der Waals surface area contributed by atoms with Gasteiger partial charge in [-0.15, -0.1) is 0 Å². The first-order valence-electron chi connectivity index (χ1n) is 9.95. The number of carbonyl (C=O) groups excluding carboxylic acids is 3. The van der Waals surface area contributed by atoms with Gasteiger partial charge in [0.25, 0.3) is 11.8 Å². The summed E-state index contributed by atoms with van der Waals surface area (Å²) in [5.74, 6) is -0.236. The Kier molecular flexibility index (Phi) is 4.38. The predicted molar refractivity (Wildman–Crippen MR) is 107 cm³/mol. The molecule has 30 heavy (non-hydrogen) atoms. The highest BCUT2D eigenvalue weighted by atomic mass is 16.5. The maximum Gasteiger partial charge on any atom is 0.337 e. The third-order valence-electron chi connectivity index (χ3n) is 6.23. The zero-order valence-electron chi connectivity index (χ0n) is 16.4. The van der Waals surface area contributed by atoms with E-state index >= 15 is 0 Å². The van der Waals surface area contributed by atoms with Crippen LogP contribution in [-0.2, 0) is 14.3 Å². The minimum absolute atomic E-state index is 0.133. The molecule has 6 rings (SSSR count). The van der Waals surface area contributed by atoms with Crippen molar-refractivity contribution in [2.45, 2.75) is 12.8 Å². The van der Waals surface area contributed by atoms with E-state index in [9.17, 15) is 14.4 Å². The summed E-state index contributed by atoms with van der Waals surface area (Å²) in [6.07, 6.45) is 7.44. The Labute approximate surface area is 173 Å². The number of hydrazone groups is 1. The summed E-state index contributed by atoms with van der Waals surface area (Å²) in [4.78, 5) is 37.3. The van der Waals surface area contributed by atoms with Gasteiger partial charge in [-0.3, -0.25) is 9.59 Å². The lowest BCUT2D eigenvalue weighted by Gasteiger charge is -2.37. The van der Waals surface area contributed by atoms with E-state index in [0.717, 1.165) is 17.9 Å². The zero-order chi connectivity index (χ0) is 20.8. The Bertz CT molecular complexity index is 1070. The van der Waals surface area contributed by atoms with Crippen LogP contribution in [0, 0.1) is 23.7 Å². The van der Waals surface area contributed by atoms with Crippen LogP contribution in [0.2, 0.25) is 0 Å². The van der Waals surface area contributed by atoms with Gasteiger partial charge in [0.1, 0.15) is 11.5 Å². The Hall–Kier alpha value is -3.48. The molecule has 0 spiro atoms. The number of allylic oxidation sites excluding steroid dienone is 2. The largest absolute Gasteiger partial charge is 0.465 e. The molecule has 2 aromatic rings. The smallest absolute Gasteiger partial charge is 0.337 e. The molecular weight excluding hydrogens is 384 g/mol. The lowest BCUT2D eigenvalue weighted by molar-refractivity contribution is -0.140. The maximum absolute atomic E-state index is 12.8. The number of fused-ring (bicyclic) bond motifs is 1. The van der Waals surface area contributed by atoms with E-state index in [1.807, 2.05) is 6.07 Å². The van der Waals surface area contributed by atoms with Gasteiger partial charge in [0, 0.05) is 5.56 Å². The van der Waals surface area contributed by atoms with Crippen LogP contribution in [0.4, 0.5) is 0 Å². The van der Waals surface area contributed by atoms with E-state index < -0.39 is 5.97 Å². The van der Waals surface area contributed by atoms with Crippen LogP contribution >= 0.6 is 0 Å². The second-order valence-electron chi connectivity index (χ2n) is 7.85. The lowest BCUT2D eigenvalue weighted by Crippen LogP contribution is -2.38. The number of furan rings is 1. The maximum atomic E-state index is 12.8. The molecule has 0 unspecified atom stereocenters. The minimum atomic E-state index is -0.429. The van der Waals surface area contributed by atoms with Crippen molar-refractivity contribution >= 4 is 24.0 Å². The molecule has 2 bridgehead atoms. The second kappa shape index (κ2) is 7.09. The van der Waals surface area contributed by atoms with Crippen LogP contribution in [0.1, 0.15) is 29.0 Å². The number of rotatable bonds is 4. The van der Waals surface area contributed by atoms with E-state index in [1.54, 1.807) is 30.3 Å². The number of nitrogens with zero attached hydrogens (tertiary/aromatic N) is 2. The van der Waals surface area contributed by atoms with Crippen molar-refractivity contribution in [3.8, 4) is 11.3 Å². The number of hydrogen-bond acceptors (Lipinski definition) is 6. The summed E-state index contributed by atoms with van der Waals surface area (Å²) in [5.41, 5.74) is 1.13. The number of carbonyl (C=O) groups is 3. The molecule has 1 saturated carbocycles. The average molecular weight is 404 g/mol. The van der Waals surface area contributed by atoms with Crippen LogP contribution in [0.5, 0.6) is 0 Å². The minimum Gasteiger partial charge on any atom is -0.465 e. The van der Waals surface area contributed by atoms with Gasteiger partial charge in [0.05, 0.1) is 30.7 Å². The van der Waals surface area contributed by atoms with Crippen LogP contribution < -0.4 is 0 Å². The van der Waals surface area contributed by atoms with E-state index in [0.29, 0.717) is 22.6 Å². The predicted octanol–water partition coefficient (Wildman–Crippen LogP) is 3.26. The van der Waals surface area contributed by atoms with Gasteiger partial charge in [0.2, 0.25) is 0 Å². The van der Waals surface area contributed by atoms with Gasteiger partial charge in [-0.2, -0.15) is 10.1 Å². The van der Waals surface area contributed by atoms with Gasteiger partial charge >= 0.3 is 5.97 Å². The van der Waals surface area contributed by atoms with Crippen molar-refractivity contribution in [3.63, 3.8) is 0 Å². The van der Waals surface area contributed by atoms with Crippen LogP contribution in [-0.4, -0.2) is 36.1 Å². The Balaban J connectivity index is 1.35. The molecular formula is C23H20N2O5.